The molecular formula is C25H28F2N2O7S2. The largest absolute Gasteiger partial charge is 0.495 e. The number of hydrogen-bond acceptors (Lipinski definition) is 7. The number of ether oxygens (including phenoxy) is 3. The number of methoxy groups -OCH3 is 1. The van der Waals surface area contributed by atoms with Crippen molar-refractivity contribution in [2.45, 2.75) is 36.5 Å². The molecule has 0 bridgehead atoms. The first kappa shape index (κ1) is 29.0. The summed E-state index contributed by atoms with van der Waals surface area (Å²) in [6.07, 6.45) is 1.32. The van der Waals surface area contributed by atoms with Gasteiger partial charge in [-0.1, -0.05) is 13.8 Å². The van der Waals surface area contributed by atoms with Crippen LogP contribution < -0.4 is 23.7 Å². The Labute approximate surface area is 220 Å². The molecule has 3 aromatic carbocycles. The molecule has 13 heteroatoms. The van der Waals surface area contributed by atoms with Crippen LogP contribution in [0.15, 0.2) is 64.4 Å². The van der Waals surface area contributed by atoms with E-state index in [0.717, 1.165) is 42.5 Å². The molecule has 206 valence electrons. The predicted molar refractivity (Wildman–Crippen MR) is 139 cm³/mol. The zero-order valence-electron chi connectivity index (χ0n) is 21.0. The van der Waals surface area contributed by atoms with Crippen LogP contribution in [0.4, 0.5) is 20.2 Å². The van der Waals surface area contributed by atoms with E-state index in [0.29, 0.717) is 26.1 Å². The van der Waals surface area contributed by atoms with Crippen molar-refractivity contribution in [1.29, 1.82) is 0 Å². The average Bonchev–Trinajstić information content (AvgIpc) is 2.84. The molecule has 38 heavy (non-hydrogen) atoms. The number of halogens is 2. The highest BCUT2D eigenvalue weighted by molar-refractivity contribution is 7.93. The minimum atomic E-state index is -4.46. The van der Waals surface area contributed by atoms with Crippen LogP contribution in [0.2, 0.25) is 0 Å². The quantitative estimate of drug-likeness (QED) is 0.292. The van der Waals surface area contributed by atoms with E-state index in [1.165, 1.54) is 19.2 Å². The Morgan fingerprint density at radius 3 is 1.68 bits per heavy atom. The Balaban J connectivity index is 1.95. The number of nitrogens with one attached hydrogen (secondary N) is 2. The smallest absolute Gasteiger partial charge is 0.265 e. The van der Waals surface area contributed by atoms with E-state index < -0.39 is 41.5 Å². The number of hydrogen-bond donors (Lipinski definition) is 2. The van der Waals surface area contributed by atoms with Crippen molar-refractivity contribution in [3.8, 4) is 17.2 Å². The first-order valence-electron chi connectivity index (χ1n) is 11.6. The van der Waals surface area contributed by atoms with Crippen LogP contribution in [0.1, 0.15) is 26.7 Å². The topological polar surface area (TPSA) is 120 Å². The molecule has 0 saturated carbocycles. The van der Waals surface area contributed by atoms with Crippen molar-refractivity contribution in [2.24, 2.45) is 0 Å². The molecule has 2 N–H and O–H groups in total. The Bertz CT molecular complexity index is 1500. The van der Waals surface area contributed by atoms with Crippen molar-refractivity contribution in [3.63, 3.8) is 0 Å². The third-order valence-electron chi connectivity index (χ3n) is 4.93. The van der Waals surface area contributed by atoms with Gasteiger partial charge in [-0.2, -0.15) is 0 Å². The van der Waals surface area contributed by atoms with E-state index in [1.807, 2.05) is 13.8 Å². The lowest BCUT2D eigenvalue weighted by Gasteiger charge is -2.15. The number of sulfonamides is 2. The molecule has 0 radical (unpaired) electrons. The molecule has 3 aromatic rings. The molecule has 0 amide bonds. The van der Waals surface area contributed by atoms with Gasteiger partial charge in [-0.3, -0.25) is 9.44 Å². The summed E-state index contributed by atoms with van der Waals surface area (Å²) in [7, 11) is -7.62. The standard InChI is InChI=1S/C25H28F2N2O7S2/c1-4-8-35-21-12-17(26)10-19(14-21)28-37(30,31)23-6-7-24(34-3)25(16-23)38(32,33)29-20-11-18(27)13-22(15-20)36-9-5-2/h6-7,10-16,28-29H,4-5,8-9H2,1-3H3. The lowest BCUT2D eigenvalue weighted by atomic mass is 10.3. The van der Waals surface area contributed by atoms with Gasteiger partial charge in [0, 0.05) is 24.3 Å². The van der Waals surface area contributed by atoms with Crippen molar-refractivity contribution < 1.29 is 39.8 Å². The first-order chi connectivity index (χ1) is 18.0. The average molecular weight is 571 g/mol. The molecule has 0 spiro atoms. The highest BCUT2D eigenvalue weighted by Crippen LogP contribution is 2.31. The molecule has 0 aliphatic rings. The molecule has 3 rings (SSSR count). The second kappa shape index (κ2) is 12.3. The van der Waals surface area contributed by atoms with Gasteiger partial charge >= 0.3 is 0 Å². The third kappa shape index (κ3) is 7.48. The van der Waals surface area contributed by atoms with Gasteiger partial charge in [0.05, 0.1) is 36.6 Å². The summed E-state index contributed by atoms with van der Waals surface area (Å²) >= 11 is 0. The summed E-state index contributed by atoms with van der Waals surface area (Å²) in [6, 6.07) is 9.91. The maximum absolute atomic E-state index is 14.1. The Morgan fingerprint density at radius 2 is 1.21 bits per heavy atom. The van der Waals surface area contributed by atoms with Crippen molar-refractivity contribution in [3.05, 3.63) is 66.2 Å². The Hall–Kier alpha value is -3.58. The second-order valence-electron chi connectivity index (χ2n) is 8.07. The van der Waals surface area contributed by atoms with Crippen molar-refractivity contribution in [2.75, 3.05) is 29.8 Å². The van der Waals surface area contributed by atoms with Gasteiger partial charge in [-0.15, -0.1) is 0 Å². The zero-order chi connectivity index (χ0) is 27.9. The van der Waals surface area contributed by atoms with E-state index in [-0.39, 0.29) is 28.6 Å². The van der Waals surface area contributed by atoms with Crippen LogP contribution in [0.25, 0.3) is 0 Å². The fourth-order valence-corrected chi connectivity index (χ4v) is 5.69. The summed E-state index contributed by atoms with van der Waals surface area (Å²) in [5.74, 6) is -1.37. The summed E-state index contributed by atoms with van der Waals surface area (Å²) in [6.45, 7) is 4.33. The fraction of sp³-hybridized carbons (Fsp3) is 0.280. The van der Waals surface area contributed by atoms with Gasteiger partial charge < -0.3 is 14.2 Å². The van der Waals surface area contributed by atoms with Crippen LogP contribution in [-0.2, 0) is 20.0 Å². The summed E-state index contributed by atoms with van der Waals surface area (Å²) in [5, 5.41) is 0. The SMILES string of the molecule is CCCOc1cc(F)cc(NS(=O)(=O)c2ccc(OC)c(S(=O)(=O)Nc3cc(F)cc(OCCC)c3)c2)c1. The van der Waals surface area contributed by atoms with Crippen molar-refractivity contribution >= 4 is 31.4 Å². The minimum absolute atomic E-state index is 0.117. The summed E-state index contributed by atoms with van der Waals surface area (Å²) in [5.41, 5.74) is -0.252. The van der Waals surface area contributed by atoms with Crippen LogP contribution in [0, 0.1) is 11.6 Å². The molecule has 9 nitrogen and oxygen atoms in total. The molecule has 0 aliphatic heterocycles. The molecule has 0 heterocycles. The number of benzene rings is 3. The summed E-state index contributed by atoms with van der Waals surface area (Å²) < 4.78 is 101. The van der Waals surface area contributed by atoms with E-state index in [1.54, 1.807) is 0 Å². The van der Waals surface area contributed by atoms with Crippen molar-refractivity contribution in [1.82, 2.24) is 0 Å². The van der Waals surface area contributed by atoms with E-state index in [2.05, 4.69) is 9.44 Å². The van der Waals surface area contributed by atoms with Gasteiger partial charge in [0.2, 0.25) is 0 Å². The van der Waals surface area contributed by atoms with Gasteiger partial charge in [-0.25, -0.2) is 25.6 Å². The zero-order valence-corrected chi connectivity index (χ0v) is 22.6. The highest BCUT2D eigenvalue weighted by Gasteiger charge is 2.25. The van der Waals surface area contributed by atoms with Gasteiger partial charge in [0.15, 0.2) is 0 Å². The molecule has 0 unspecified atom stereocenters. The molecule has 0 aromatic heterocycles. The van der Waals surface area contributed by atoms with E-state index >= 15 is 0 Å². The monoisotopic (exact) mass is 570 g/mol. The summed E-state index contributed by atoms with van der Waals surface area (Å²) in [4.78, 5) is -0.959. The second-order valence-corrected chi connectivity index (χ2v) is 11.4. The lowest BCUT2D eigenvalue weighted by molar-refractivity contribution is 0.316. The highest BCUT2D eigenvalue weighted by atomic mass is 32.2. The maximum atomic E-state index is 14.1. The van der Waals surface area contributed by atoms with Crippen LogP contribution >= 0.6 is 0 Å². The molecular weight excluding hydrogens is 542 g/mol. The third-order valence-corrected chi connectivity index (χ3v) is 7.71. The van der Waals surface area contributed by atoms with E-state index in [4.69, 9.17) is 14.2 Å². The number of anilines is 2. The molecule has 0 aliphatic carbocycles. The van der Waals surface area contributed by atoms with E-state index in [9.17, 15) is 25.6 Å². The van der Waals surface area contributed by atoms with Gasteiger partial charge in [-0.05, 0) is 43.2 Å². The molecule has 0 saturated heterocycles. The lowest BCUT2D eigenvalue weighted by Crippen LogP contribution is -2.17. The van der Waals surface area contributed by atoms with Crippen LogP contribution in [0.3, 0.4) is 0 Å². The fourth-order valence-electron chi connectivity index (χ4n) is 3.31. The molecule has 0 fully saturated rings. The Morgan fingerprint density at radius 1 is 0.711 bits per heavy atom. The van der Waals surface area contributed by atoms with Gasteiger partial charge in [0.25, 0.3) is 20.0 Å². The van der Waals surface area contributed by atoms with Crippen LogP contribution in [0.5, 0.6) is 17.2 Å². The first-order valence-corrected chi connectivity index (χ1v) is 14.5. The minimum Gasteiger partial charge on any atom is -0.495 e. The van der Waals surface area contributed by atoms with Gasteiger partial charge in [0.1, 0.15) is 33.8 Å². The van der Waals surface area contributed by atoms with Crippen LogP contribution in [-0.4, -0.2) is 37.2 Å². The Kier molecular flexibility index (Phi) is 9.39. The predicted octanol–water partition coefficient (Wildman–Crippen LogP) is 5.15. The normalized spacial score (nSPS) is 11.6. The molecule has 0 atom stereocenters. The number of rotatable bonds is 13. The maximum Gasteiger partial charge on any atom is 0.265 e.